The highest BCUT2D eigenvalue weighted by Gasteiger charge is 2.76. The van der Waals surface area contributed by atoms with Gasteiger partial charge in [-0.15, -0.1) is 0 Å². The molecule has 1 saturated heterocycles. The lowest BCUT2D eigenvalue weighted by molar-refractivity contribution is -0.207. The third-order valence-electron chi connectivity index (χ3n) is 4.86. The molecule has 1 N–H and O–H groups in total. The van der Waals surface area contributed by atoms with Gasteiger partial charge in [0.1, 0.15) is 6.04 Å². The average Bonchev–Trinajstić information content (AvgIpc) is 3.14. The van der Waals surface area contributed by atoms with Gasteiger partial charge in [0.05, 0.1) is 18.9 Å². The summed E-state index contributed by atoms with van der Waals surface area (Å²) >= 11 is 3.17. The first-order valence-corrected chi connectivity index (χ1v) is 9.72. The number of benzene rings is 1. The Balaban J connectivity index is 2.29. The fourth-order valence-corrected chi connectivity index (χ4v) is 4.01. The van der Waals surface area contributed by atoms with Gasteiger partial charge >= 0.3 is 23.8 Å². The number of hydrogen-bond donors (Lipinski definition) is 1. The Morgan fingerprint density at radius 3 is 2.30 bits per heavy atom. The molecule has 2 atom stereocenters. The highest BCUT2D eigenvalue weighted by Crippen LogP contribution is 2.54. The van der Waals surface area contributed by atoms with Crippen molar-refractivity contribution in [3.8, 4) is 0 Å². The van der Waals surface area contributed by atoms with Crippen LogP contribution in [0.3, 0.4) is 0 Å². The summed E-state index contributed by atoms with van der Waals surface area (Å²) in [5.41, 5.74) is -5.74. The second-order valence-corrected chi connectivity index (χ2v) is 7.52. The molecule has 1 spiro atoms. The molecule has 3 rings (SSSR count). The fraction of sp³-hybridized carbons (Fsp3) is 0.500. The molecule has 0 bridgehead atoms. The van der Waals surface area contributed by atoms with E-state index < -0.39 is 41.4 Å². The zero-order chi connectivity index (χ0) is 22.5. The van der Waals surface area contributed by atoms with E-state index in [0.29, 0.717) is 4.47 Å². The Labute approximate surface area is 177 Å². The number of carbonyl (C=O) groups is 3. The smallest absolute Gasteiger partial charge is 0.407 e. The maximum Gasteiger partial charge on any atom is 0.407 e. The molecule has 0 radical (unpaired) electrons. The van der Waals surface area contributed by atoms with Crippen molar-refractivity contribution in [1.29, 1.82) is 0 Å². The van der Waals surface area contributed by atoms with Crippen LogP contribution in [0.25, 0.3) is 0 Å². The van der Waals surface area contributed by atoms with Gasteiger partial charge in [0.15, 0.2) is 0 Å². The minimum absolute atomic E-state index is 0.141. The molecule has 2 heterocycles. The number of nitrogens with one attached hydrogen (secondary N) is 1. The molecular formula is C18H18BrF3N2O6. The van der Waals surface area contributed by atoms with Crippen LogP contribution in [-0.4, -0.2) is 56.1 Å². The quantitative estimate of drug-likeness (QED) is 0.505. The van der Waals surface area contributed by atoms with E-state index in [2.05, 4.69) is 15.9 Å². The number of nitrogens with zero attached hydrogens (tertiary/aromatic N) is 1. The number of ether oxygens (including phenoxy) is 3. The third-order valence-corrected chi connectivity index (χ3v) is 5.36. The van der Waals surface area contributed by atoms with Crippen molar-refractivity contribution < 1.29 is 41.8 Å². The van der Waals surface area contributed by atoms with Gasteiger partial charge in [-0.25, -0.2) is 9.59 Å². The predicted molar refractivity (Wildman–Crippen MR) is 99.3 cm³/mol. The minimum Gasteiger partial charge on any atom is -0.462 e. The van der Waals surface area contributed by atoms with Crippen molar-refractivity contribution in [3.05, 3.63) is 28.2 Å². The molecule has 0 saturated carbocycles. The largest absolute Gasteiger partial charge is 0.462 e. The molecule has 0 aromatic heterocycles. The molecular weight excluding hydrogens is 477 g/mol. The number of likely N-dealkylation sites (N-methyl/N-ethyl adjacent to an activating group) is 1. The first-order valence-electron chi connectivity index (χ1n) is 8.92. The van der Waals surface area contributed by atoms with Gasteiger partial charge in [-0.2, -0.15) is 13.2 Å². The number of fused-ring (bicyclic) bond motifs is 2. The van der Waals surface area contributed by atoms with Gasteiger partial charge in [0, 0.05) is 17.1 Å². The van der Waals surface area contributed by atoms with Crippen LogP contribution in [0.1, 0.15) is 19.4 Å². The summed E-state index contributed by atoms with van der Waals surface area (Å²) in [6.07, 6.45) is -5.08. The Morgan fingerprint density at radius 1 is 1.23 bits per heavy atom. The molecule has 0 aliphatic carbocycles. The maximum absolute atomic E-state index is 14.2. The Hall–Kier alpha value is -2.18. The lowest BCUT2D eigenvalue weighted by Gasteiger charge is -2.30. The van der Waals surface area contributed by atoms with E-state index in [1.54, 1.807) is 0 Å². The number of carbonyl (C=O) groups excluding carboxylic acids is 3. The van der Waals surface area contributed by atoms with Gasteiger partial charge in [0.2, 0.25) is 5.60 Å². The lowest BCUT2D eigenvalue weighted by atomic mass is 9.87. The second kappa shape index (κ2) is 7.50. The highest BCUT2D eigenvalue weighted by molar-refractivity contribution is 9.10. The van der Waals surface area contributed by atoms with E-state index in [4.69, 9.17) is 14.2 Å². The maximum atomic E-state index is 14.2. The van der Waals surface area contributed by atoms with E-state index in [0.717, 1.165) is 4.90 Å². The topological polar surface area (TPSA) is 94.2 Å². The molecule has 1 aromatic rings. The predicted octanol–water partition coefficient (Wildman–Crippen LogP) is 1.99. The average molecular weight is 495 g/mol. The van der Waals surface area contributed by atoms with Crippen molar-refractivity contribution >= 4 is 39.5 Å². The van der Waals surface area contributed by atoms with E-state index in [-0.39, 0.29) is 24.5 Å². The SMILES string of the molecule is CCOC(=O)C1(C(=O)OCC)N[C@@H](C(F)(F)F)[C@]2(O1)C(=O)N(C)c1ccc(Br)cc12. The van der Waals surface area contributed by atoms with Gasteiger partial charge in [-0.3, -0.25) is 10.1 Å². The van der Waals surface area contributed by atoms with E-state index >= 15 is 0 Å². The number of alkyl halides is 3. The summed E-state index contributed by atoms with van der Waals surface area (Å²) < 4.78 is 58.0. The Morgan fingerprint density at radius 2 is 1.80 bits per heavy atom. The summed E-state index contributed by atoms with van der Waals surface area (Å²) in [4.78, 5) is 39.4. The number of hydrogen-bond acceptors (Lipinski definition) is 7. The van der Waals surface area contributed by atoms with Crippen LogP contribution in [0.5, 0.6) is 0 Å². The van der Waals surface area contributed by atoms with Crippen molar-refractivity contribution in [1.82, 2.24) is 5.32 Å². The highest BCUT2D eigenvalue weighted by atomic mass is 79.9. The fourth-order valence-electron chi connectivity index (χ4n) is 3.65. The zero-order valence-electron chi connectivity index (χ0n) is 16.1. The van der Waals surface area contributed by atoms with Crippen molar-refractivity contribution in [2.24, 2.45) is 0 Å². The lowest BCUT2D eigenvalue weighted by Crippen LogP contribution is -2.60. The second-order valence-electron chi connectivity index (χ2n) is 6.60. The first-order chi connectivity index (χ1) is 14.0. The van der Waals surface area contributed by atoms with E-state index in [1.807, 2.05) is 5.32 Å². The number of halogens is 4. The van der Waals surface area contributed by atoms with Crippen molar-refractivity contribution in [3.63, 3.8) is 0 Å². The summed E-state index contributed by atoms with van der Waals surface area (Å²) in [6, 6.07) is 1.52. The van der Waals surface area contributed by atoms with Crippen LogP contribution in [-0.2, 0) is 34.2 Å². The molecule has 164 valence electrons. The van der Waals surface area contributed by atoms with Crippen LogP contribution in [0, 0.1) is 0 Å². The molecule has 1 amide bonds. The summed E-state index contributed by atoms with van der Waals surface area (Å²) in [6.45, 7) is 2.32. The molecule has 2 aliphatic rings. The summed E-state index contributed by atoms with van der Waals surface area (Å²) in [5.74, 6) is -3.97. The van der Waals surface area contributed by atoms with Gasteiger partial charge in [-0.1, -0.05) is 15.9 Å². The minimum atomic E-state index is -5.08. The van der Waals surface area contributed by atoms with E-state index in [9.17, 15) is 27.6 Å². The van der Waals surface area contributed by atoms with Gasteiger partial charge in [-0.05, 0) is 32.0 Å². The van der Waals surface area contributed by atoms with Crippen molar-refractivity contribution in [2.45, 2.75) is 37.4 Å². The summed E-state index contributed by atoms with van der Waals surface area (Å²) in [5, 5.41) is 1.90. The normalized spacial score (nSPS) is 24.8. The molecule has 1 fully saturated rings. The van der Waals surface area contributed by atoms with Crippen LogP contribution in [0.15, 0.2) is 22.7 Å². The van der Waals surface area contributed by atoms with E-state index in [1.165, 1.54) is 39.1 Å². The number of esters is 2. The zero-order valence-corrected chi connectivity index (χ0v) is 17.7. The van der Waals surface area contributed by atoms with Crippen molar-refractivity contribution in [2.75, 3.05) is 25.2 Å². The number of rotatable bonds is 4. The Kier molecular flexibility index (Phi) is 5.63. The molecule has 12 heteroatoms. The number of anilines is 1. The molecule has 30 heavy (non-hydrogen) atoms. The van der Waals surface area contributed by atoms with Crippen LogP contribution < -0.4 is 10.2 Å². The van der Waals surface area contributed by atoms with Gasteiger partial charge < -0.3 is 19.1 Å². The monoisotopic (exact) mass is 494 g/mol. The van der Waals surface area contributed by atoms with Crippen LogP contribution in [0.4, 0.5) is 18.9 Å². The molecule has 8 nitrogen and oxygen atoms in total. The number of amides is 1. The first kappa shape index (κ1) is 22.5. The summed E-state index contributed by atoms with van der Waals surface area (Å²) in [7, 11) is 1.27. The standard InChI is InChI=1S/C18H18BrF3N2O6/c1-4-28-14(26)17(15(27)29-5-2)23-12(18(20,21)22)16(30-17)10-8-9(19)6-7-11(10)24(3)13(16)25/h6-8,12,23H,4-5H2,1-3H3/t12-,16+/m1/s1. The van der Waals surface area contributed by atoms with Crippen LogP contribution in [0.2, 0.25) is 0 Å². The third kappa shape index (κ3) is 3.08. The Bertz CT molecular complexity index is 890. The molecule has 1 aromatic carbocycles. The molecule has 2 aliphatic heterocycles. The molecule has 0 unspecified atom stereocenters. The van der Waals surface area contributed by atoms with Gasteiger partial charge in [0.25, 0.3) is 5.91 Å². The van der Waals surface area contributed by atoms with Crippen LogP contribution >= 0.6 is 15.9 Å².